The Kier molecular flexibility index (Phi) is 1.61. The minimum Gasteiger partial charge on any atom is -0.466 e. The molecule has 0 aromatic rings. The van der Waals surface area contributed by atoms with Gasteiger partial charge in [0.1, 0.15) is 0 Å². The zero-order valence-electron chi connectivity index (χ0n) is 7.96. The fraction of sp³-hybridized carbons (Fsp3) is 0.333. The first-order chi connectivity index (χ1) is 6.81. The first-order valence-electron chi connectivity index (χ1n) is 4.78. The van der Waals surface area contributed by atoms with Gasteiger partial charge in [-0.15, -0.1) is 0 Å². The molecular weight excluding hydrogens is 176 g/mol. The Hall–Kier alpha value is -1.05. The Morgan fingerprint density at radius 2 is 2.50 bits per heavy atom. The van der Waals surface area contributed by atoms with E-state index in [1.807, 2.05) is 0 Å². The molecule has 0 amide bonds. The summed E-state index contributed by atoms with van der Waals surface area (Å²) in [5, 5.41) is 0. The predicted octanol–water partition coefficient (Wildman–Crippen LogP) is 1.68. The summed E-state index contributed by atoms with van der Waals surface area (Å²) in [5.74, 6) is 2.88. The Labute approximate surface area is 83.6 Å². The number of methoxy groups -OCH3 is 1. The minimum absolute atomic E-state index is 0.239. The molecule has 2 nitrogen and oxygen atoms in total. The van der Waals surface area contributed by atoms with Crippen molar-refractivity contribution in [3.63, 3.8) is 0 Å². The average Bonchev–Trinajstić information content (AvgIpc) is 2.87. The van der Waals surface area contributed by atoms with E-state index >= 15 is 0 Å². The number of hydrogen-bond donors (Lipinski definition) is 0. The van der Waals surface area contributed by atoms with Gasteiger partial charge in [-0.25, -0.2) is 4.79 Å². The van der Waals surface area contributed by atoms with Gasteiger partial charge >= 0.3 is 5.97 Å². The van der Waals surface area contributed by atoms with Crippen molar-refractivity contribution >= 4 is 5.97 Å². The monoisotopic (exact) mass is 186 g/mol. The van der Waals surface area contributed by atoms with Gasteiger partial charge in [0.15, 0.2) is 0 Å². The van der Waals surface area contributed by atoms with Crippen LogP contribution in [0.15, 0.2) is 23.3 Å². The Morgan fingerprint density at radius 1 is 1.64 bits per heavy atom. The predicted molar refractivity (Wildman–Crippen MR) is 50.6 cm³/mol. The average molecular weight is 186 g/mol. The fourth-order valence-corrected chi connectivity index (χ4v) is 2.53. The summed E-state index contributed by atoms with van der Waals surface area (Å²) < 4.78 is 4.74. The van der Waals surface area contributed by atoms with Crippen molar-refractivity contribution in [2.24, 2.45) is 5.92 Å². The highest BCUT2D eigenvalue weighted by molar-refractivity contribution is 5.95. The maximum atomic E-state index is 11.4. The number of ether oxygens (including phenoxy) is 1. The van der Waals surface area contributed by atoms with E-state index in [0.717, 1.165) is 12.8 Å². The van der Waals surface area contributed by atoms with Gasteiger partial charge in [-0.3, -0.25) is 0 Å². The van der Waals surface area contributed by atoms with E-state index in [1.165, 1.54) is 24.5 Å². The standard InChI is InChI=1S/C12H10O2/c1-14-12(13)10-5-4-9-7-2-3-8(6-7)11(9)10/h2-3,8H,4,6H2,1H3/t8-/m1/s1. The normalized spacial score (nSPS) is 30.2. The highest BCUT2D eigenvalue weighted by Gasteiger charge is 2.47. The second kappa shape index (κ2) is 2.72. The Balaban J connectivity index is 2.02. The third-order valence-electron chi connectivity index (χ3n) is 3.15. The van der Waals surface area contributed by atoms with E-state index in [9.17, 15) is 4.79 Å². The molecule has 0 heterocycles. The van der Waals surface area contributed by atoms with Gasteiger partial charge in [0.2, 0.25) is 0 Å². The highest BCUT2D eigenvalue weighted by Crippen LogP contribution is 2.57. The summed E-state index contributed by atoms with van der Waals surface area (Å²) >= 11 is 0. The number of esters is 1. The number of fused-ring (bicyclic) bond motifs is 5. The van der Waals surface area contributed by atoms with Gasteiger partial charge in [-0.1, -0.05) is 12.2 Å². The summed E-state index contributed by atoms with van der Waals surface area (Å²) in [6.45, 7) is 0. The molecule has 0 N–H and O–H groups in total. The molecule has 1 saturated carbocycles. The van der Waals surface area contributed by atoms with Crippen molar-refractivity contribution in [2.75, 3.05) is 7.11 Å². The summed E-state index contributed by atoms with van der Waals surface area (Å²) in [6.07, 6.45) is 9.32. The molecule has 1 fully saturated rings. The largest absolute Gasteiger partial charge is 0.466 e. The summed E-state index contributed by atoms with van der Waals surface area (Å²) in [7, 11) is 1.42. The van der Waals surface area contributed by atoms with Gasteiger partial charge in [-0.05, 0) is 18.4 Å². The zero-order chi connectivity index (χ0) is 9.71. The fourth-order valence-electron chi connectivity index (χ4n) is 2.53. The van der Waals surface area contributed by atoms with Crippen LogP contribution in [0.3, 0.4) is 0 Å². The maximum absolute atomic E-state index is 11.4. The number of carbonyl (C=O) groups is 1. The van der Waals surface area contributed by atoms with Crippen molar-refractivity contribution in [2.45, 2.75) is 12.8 Å². The van der Waals surface area contributed by atoms with Gasteiger partial charge in [0.25, 0.3) is 0 Å². The van der Waals surface area contributed by atoms with Crippen LogP contribution in [0.25, 0.3) is 0 Å². The quantitative estimate of drug-likeness (QED) is 0.582. The van der Waals surface area contributed by atoms with Gasteiger partial charge in [-0.2, -0.15) is 0 Å². The van der Waals surface area contributed by atoms with Crippen LogP contribution in [0.2, 0.25) is 0 Å². The third-order valence-corrected chi connectivity index (χ3v) is 3.15. The van der Waals surface area contributed by atoms with Crippen LogP contribution in [0.1, 0.15) is 12.8 Å². The molecule has 2 bridgehead atoms. The number of allylic oxidation sites excluding steroid dienone is 3. The molecule has 3 aliphatic rings. The molecule has 0 aromatic heterocycles. The van der Waals surface area contributed by atoms with Crippen LogP contribution in [-0.2, 0) is 9.53 Å². The van der Waals surface area contributed by atoms with E-state index in [2.05, 4.69) is 18.6 Å². The maximum Gasteiger partial charge on any atom is 0.334 e. The lowest BCUT2D eigenvalue weighted by Crippen LogP contribution is -2.08. The molecule has 3 rings (SSSR count). The number of hydrogen-bond acceptors (Lipinski definition) is 2. The van der Waals surface area contributed by atoms with Crippen molar-refractivity contribution in [3.05, 3.63) is 41.6 Å². The van der Waals surface area contributed by atoms with Gasteiger partial charge in [0, 0.05) is 29.7 Å². The SMILES string of the molecule is COC(=O)C1=C2[C](C[C]1)[C]1C=C[C@@H]2C1. The minimum atomic E-state index is -0.239. The first-order valence-corrected chi connectivity index (χ1v) is 4.78. The summed E-state index contributed by atoms with van der Waals surface area (Å²) in [4.78, 5) is 11.4. The summed E-state index contributed by atoms with van der Waals surface area (Å²) in [6, 6.07) is 0. The lowest BCUT2D eigenvalue weighted by atomic mass is 9.90. The summed E-state index contributed by atoms with van der Waals surface area (Å²) in [5.41, 5.74) is 1.85. The van der Waals surface area contributed by atoms with Crippen LogP contribution in [0.5, 0.6) is 0 Å². The molecule has 0 aromatic carbocycles. The molecular formula is C12H10O2. The molecule has 14 heavy (non-hydrogen) atoms. The van der Waals surface area contributed by atoms with Gasteiger partial charge < -0.3 is 4.74 Å². The molecule has 0 aliphatic heterocycles. The van der Waals surface area contributed by atoms with Crippen molar-refractivity contribution in [3.8, 4) is 0 Å². The number of carbonyl (C=O) groups excluding carboxylic acids is 1. The van der Waals surface area contributed by atoms with Crippen LogP contribution in [-0.4, -0.2) is 13.1 Å². The van der Waals surface area contributed by atoms with E-state index in [-0.39, 0.29) is 5.97 Å². The highest BCUT2D eigenvalue weighted by atomic mass is 16.5. The van der Waals surface area contributed by atoms with Crippen LogP contribution in [0, 0.1) is 24.2 Å². The Bertz CT molecular complexity index is 351. The van der Waals surface area contributed by atoms with E-state index in [0.29, 0.717) is 11.5 Å². The van der Waals surface area contributed by atoms with Crippen molar-refractivity contribution in [1.82, 2.24) is 0 Å². The lowest BCUT2D eigenvalue weighted by Gasteiger charge is -2.14. The number of rotatable bonds is 1. The molecule has 1 atom stereocenters. The van der Waals surface area contributed by atoms with Crippen LogP contribution in [0.4, 0.5) is 0 Å². The topological polar surface area (TPSA) is 26.3 Å². The third kappa shape index (κ3) is 0.887. The van der Waals surface area contributed by atoms with Gasteiger partial charge in [0.05, 0.1) is 7.11 Å². The van der Waals surface area contributed by atoms with E-state index in [4.69, 9.17) is 4.74 Å². The lowest BCUT2D eigenvalue weighted by molar-refractivity contribution is -0.135. The van der Waals surface area contributed by atoms with E-state index in [1.54, 1.807) is 0 Å². The van der Waals surface area contributed by atoms with Crippen LogP contribution < -0.4 is 0 Å². The second-order valence-electron chi connectivity index (χ2n) is 3.81. The molecule has 0 spiro atoms. The van der Waals surface area contributed by atoms with Crippen LogP contribution >= 0.6 is 0 Å². The zero-order valence-corrected chi connectivity index (χ0v) is 7.96. The van der Waals surface area contributed by atoms with Crippen molar-refractivity contribution < 1.29 is 9.53 Å². The molecule has 3 aliphatic carbocycles. The van der Waals surface area contributed by atoms with E-state index < -0.39 is 0 Å². The molecule has 2 heteroatoms. The first kappa shape index (κ1) is 8.27. The molecule has 0 saturated heterocycles. The molecule has 0 unspecified atom stereocenters. The second-order valence-corrected chi connectivity index (χ2v) is 3.81. The smallest absolute Gasteiger partial charge is 0.334 e. The molecule has 4 radical (unpaired) electrons. The Morgan fingerprint density at radius 3 is 3.29 bits per heavy atom. The molecule has 70 valence electrons. The van der Waals surface area contributed by atoms with Crippen molar-refractivity contribution in [1.29, 1.82) is 0 Å².